The molecule has 1 heterocycles. The molecule has 0 aromatic carbocycles. The Labute approximate surface area is 87.9 Å². The van der Waals surface area contributed by atoms with Crippen LogP contribution in [0.25, 0.3) is 0 Å². The van der Waals surface area contributed by atoms with Crippen LogP contribution in [0.3, 0.4) is 0 Å². The first-order valence-electron chi connectivity index (χ1n) is 4.66. The van der Waals surface area contributed by atoms with Crippen molar-refractivity contribution in [3.05, 3.63) is 16.0 Å². The van der Waals surface area contributed by atoms with E-state index in [1.165, 1.54) is 11.3 Å². The zero-order valence-electron chi connectivity index (χ0n) is 8.72. The SMILES string of the molecule is CCOC(=O)c1sc(N)c(CC)c1C. The van der Waals surface area contributed by atoms with E-state index in [9.17, 15) is 4.79 Å². The molecule has 1 aromatic rings. The Morgan fingerprint density at radius 2 is 2.14 bits per heavy atom. The van der Waals surface area contributed by atoms with E-state index in [1.807, 2.05) is 13.8 Å². The number of carbonyl (C=O) groups excluding carboxylic acids is 1. The number of anilines is 1. The van der Waals surface area contributed by atoms with Crippen molar-refractivity contribution >= 4 is 22.3 Å². The Morgan fingerprint density at radius 1 is 1.50 bits per heavy atom. The topological polar surface area (TPSA) is 52.3 Å². The van der Waals surface area contributed by atoms with Gasteiger partial charge in [-0.05, 0) is 31.4 Å². The second-order valence-electron chi connectivity index (χ2n) is 2.97. The summed E-state index contributed by atoms with van der Waals surface area (Å²) in [6.45, 7) is 6.14. The minimum absolute atomic E-state index is 0.263. The van der Waals surface area contributed by atoms with Crippen molar-refractivity contribution in [1.29, 1.82) is 0 Å². The van der Waals surface area contributed by atoms with Gasteiger partial charge in [-0.25, -0.2) is 4.79 Å². The first kappa shape index (κ1) is 11.0. The molecular formula is C10H15NO2S. The van der Waals surface area contributed by atoms with Crippen LogP contribution in [0.15, 0.2) is 0 Å². The molecule has 0 saturated carbocycles. The van der Waals surface area contributed by atoms with E-state index in [0.29, 0.717) is 11.5 Å². The van der Waals surface area contributed by atoms with Gasteiger partial charge in [-0.2, -0.15) is 0 Å². The summed E-state index contributed by atoms with van der Waals surface area (Å²) in [6, 6.07) is 0. The highest BCUT2D eigenvalue weighted by Gasteiger charge is 2.18. The maximum Gasteiger partial charge on any atom is 0.348 e. The summed E-state index contributed by atoms with van der Waals surface area (Å²) in [5, 5.41) is 0.730. The summed E-state index contributed by atoms with van der Waals surface area (Å²) in [4.78, 5) is 12.1. The maximum absolute atomic E-state index is 11.5. The molecular weight excluding hydrogens is 198 g/mol. The highest BCUT2D eigenvalue weighted by atomic mass is 32.1. The summed E-state index contributed by atoms with van der Waals surface area (Å²) in [5.74, 6) is -0.263. The largest absolute Gasteiger partial charge is 0.462 e. The first-order valence-corrected chi connectivity index (χ1v) is 5.48. The van der Waals surface area contributed by atoms with Gasteiger partial charge in [0.25, 0.3) is 0 Å². The van der Waals surface area contributed by atoms with Crippen LogP contribution in [0.1, 0.15) is 34.6 Å². The lowest BCUT2D eigenvalue weighted by Gasteiger charge is -2.00. The third kappa shape index (κ3) is 1.90. The molecule has 0 radical (unpaired) electrons. The first-order chi connectivity index (χ1) is 6.61. The van der Waals surface area contributed by atoms with Crippen LogP contribution in [0.5, 0.6) is 0 Å². The average Bonchev–Trinajstić information content (AvgIpc) is 2.42. The van der Waals surface area contributed by atoms with Crippen molar-refractivity contribution in [2.75, 3.05) is 12.3 Å². The maximum atomic E-state index is 11.5. The van der Waals surface area contributed by atoms with E-state index in [1.54, 1.807) is 6.92 Å². The van der Waals surface area contributed by atoms with Gasteiger partial charge < -0.3 is 10.5 Å². The quantitative estimate of drug-likeness (QED) is 0.784. The molecule has 0 saturated heterocycles. The van der Waals surface area contributed by atoms with Crippen LogP contribution in [-0.2, 0) is 11.2 Å². The van der Waals surface area contributed by atoms with Gasteiger partial charge >= 0.3 is 5.97 Å². The van der Waals surface area contributed by atoms with Crippen LogP contribution in [0.4, 0.5) is 5.00 Å². The predicted molar refractivity (Wildman–Crippen MR) is 58.8 cm³/mol. The minimum Gasteiger partial charge on any atom is -0.462 e. The fourth-order valence-corrected chi connectivity index (χ4v) is 2.46. The van der Waals surface area contributed by atoms with E-state index in [-0.39, 0.29) is 5.97 Å². The summed E-state index contributed by atoms with van der Waals surface area (Å²) in [7, 11) is 0. The Kier molecular flexibility index (Phi) is 3.52. The summed E-state index contributed by atoms with van der Waals surface area (Å²) >= 11 is 1.32. The highest BCUT2D eigenvalue weighted by molar-refractivity contribution is 7.18. The van der Waals surface area contributed by atoms with E-state index >= 15 is 0 Å². The number of hydrogen-bond acceptors (Lipinski definition) is 4. The monoisotopic (exact) mass is 213 g/mol. The van der Waals surface area contributed by atoms with Gasteiger partial charge in [0.15, 0.2) is 0 Å². The van der Waals surface area contributed by atoms with Gasteiger partial charge in [-0.3, -0.25) is 0 Å². The number of rotatable bonds is 3. The lowest BCUT2D eigenvalue weighted by molar-refractivity contribution is 0.0531. The summed E-state index contributed by atoms with van der Waals surface area (Å²) in [6.07, 6.45) is 0.855. The Hall–Kier alpha value is -1.03. The summed E-state index contributed by atoms with van der Waals surface area (Å²) < 4.78 is 4.94. The molecule has 1 aromatic heterocycles. The van der Waals surface area contributed by atoms with E-state index in [0.717, 1.165) is 22.5 Å². The minimum atomic E-state index is -0.263. The van der Waals surface area contributed by atoms with E-state index in [2.05, 4.69) is 0 Å². The lowest BCUT2D eigenvalue weighted by atomic mass is 10.1. The molecule has 78 valence electrons. The fraction of sp³-hybridized carbons (Fsp3) is 0.500. The number of nitrogen functional groups attached to an aromatic ring is 1. The highest BCUT2D eigenvalue weighted by Crippen LogP contribution is 2.31. The van der Waals surface area contributed by atoms with Gasteiger partial charge in [0, 0.05) is 0 Å². The standard InChI is InChI=1S/C10H15NO2S/c1-4-7-6(3)8(14-9(7)11)10(12)13-5-2/h4-5,11H2,1-3H3. The molecule has 0 aliphatic carbocycles. The zero-order chi connectivity index (χ0) is 10.7. The number of thiophene rings is 1. The van der Waals surface area contributed by atoms with Crippen LogP contribution in [0.2, 0.25) is 0 Å². The molecule has 1 rings (SSSR count). The van der Waals surface area contributed by atoms with Gasteiger partial charge in [0.05, 0.1) is 11.6 Å². The Bertz CT molecular complexity index is 344. The normalized spacial score (nSPS) is 10.2. The Morgan fingerprint density at radius 3 is 2.57 bits per heavy atom. The third-order valence-corrected chi connectivity index (χ3v) is 3.26. The number of ether oxygens (including phenoxy) is 1. The summed E-state index contributed by atoms with van der Waals surface area (Å²) in [5.41, 5.74) is 7.83. The lowest BCUT2D eigenvalue weighted by Crippen LogP contribution is -2.04. The van der Waals surface area contributed by atoms with Gasteiger partial charge in [0.2, 0.25) is 0 Å². The van der Waals surface area contributed by atoms with Gasteiger partial charge in [0.1, 0.15) is 4.88 Å². The average molecular weight is 213 g/mol. The molecule has 0 unspecified atom stereocenters. The van der Waals surface area contributed by atoms with Crippen molar-refractivity contribution < 1.29 is 9.53 Å². The molecule has 0 fully saturated rings. The third-order valence-electron chi connectivity index (χ3n) is 2.12. The molecule has 0 aliphatic heterocycles. The van der Waals surface area contributed by atoms with Crippen LogP contribution >= 0.6 is 11.3 Å². The van der Waals surface area contributed by atoms with Gasteiger partial charge in [-0.1, -0.05) is 6.92 Å². The van der Waals surface area contributed by atoms with E-state index in [4.69, 9.17) is 10.5 Å². The van der Waals surface area contributed by atoms with Crippen molar-refractivity contribution in [2.45, 2.75) is 27.2 Å². The van der Waals surface area contributed by atoms with Crippen molar-refractivity contribution in [3.8, 4) is 0 Å². The predicted octanol–water partition coefficient (Wildman–Crippen LogP) is 2.38. The molecule has 0 bridgehead atoms. The zero-order valence-corrected chi connectivity index (χ0v) is 9.53. The van der Waals surface area contributed by atoms with Crippen LogP contribution in [0, 0.1) is 6.92 Å². The van der Waals surface area contributed by atoms with Crippen molar-refractivity contribution in [2.24, 2.45) is 0 Å². The van der Waals surface area contributed by atoms with Crippen LogP contribution in [-0.4, -0.2) is 12.6 Å². The Balaban J connectivity index is 3.04. The molecule has 14 heavy (non-hydrogen) atoms. The second kappa shape index (κ2) is 4.46. The molecule has 0 atom stereocenters. The molecule has 0 spiro atoms. The fourth-order valence-electron chi connectivity index (χ4n) is 1.40. The molecule has 0 aliphatic rings. The number of nitrogens with two attached hydrogens (primary N) is 1. The van der Waals surface area contributed by atoms with Crippen molar-refractivity contribution in [3.63, 3.8) is 0 Å². The smallest absolute Gasteiger partial charge is 0.348 e. The number of hydrogen-bond donors (Lipinski definition) is 1. The van der Waals surface area contributed by atoms with Gasteiger partial charge in [-0.15, -0.1) is 11.3 Å². The van der Waals surface area contributed by atoms with Crippen molar-refractivity contribution in [1.82, 2.24) is 0 Å². The molecule has 3 nitrogen and oxygen atoms in total. The van der Waals surface area contributed by atoms with Crippen LogP contribution < -0.4 is 5.73 Å². The molecule has 2 N–H and O–H groups in total. The second-order valence-corrected chi connectivity index (χ2v) is 4.03. The number of esters is 1. The molecule has 0 amide bonds. The van der Waals surface area contributed by atoms with E-state index < -0.39 is 0 Å². The number of carbonyl (C=O) groups is 1. The molecule has 4 heteroatoms.